The standard InChI is InChI=1S/2C10H15.2ClH.U/c2*1-6-7(2)9(4)10(5)8(6)3;;;/h2*1-5H3;2*1H;/q;;;;+2/p-2. The van der Waals surface area contributed by atoms with Gasteiger partial charge in [0, 0.05) is 0 Å². The van der Waals surface area contributed by atoms with Crippen LogP contribution in [-0.2, 0) is 0 Å². The zero-order valence-corrected chi connectivity index (χ0v) is 21.9. The van der Waals surface area contributed by atoms with E-state index in [0.717, 1.165) is 0 Å². The van der Waals surface area contributed by atoms with Crippen molar-refractivity contribution in [1.82, 2.24) is 0 Å². The Morgan fingerprint density at radius 1 is 0.348 bits per heavy atom. The molecule has 0 heterocycles. The van der Waals surface area contributed by atoms with Gasteiger partial charge in [0.2, 0.25) is 0 Å². The zero-order valence-electron chi connectivity index (χ0n) is 16.3. The second kappa shape index (κ2) is 11.4. The van der Waals surface area contributed by atoms with Crippen molar-refractivity contribution in [2.24, 2.45) is 0 Å². The third-order valence-electron chi connectivity index (χ3n) is 5.62. The summed E-state index contributed by atoms with van der Waals surface area (Å²) in [6, 6.07) is 0. The van der Waals surface area contributed by atoms with Gasteiger partial charge in [-0.15, -0.1) is 0 Å². The molecule has 10 radical (unpaired) electrons. The molecule has 2 aliphatic rings. The van der Waals surface area contributed by atoms with Crippen LogP contribution in [-0.4, -0.2) is 0 Å². The third kappa shape index (κ3) is 6.38. The summed E-state index contributed by atoms with van der Waals surface area (Å²) in [6.07, 6.45) is 0. The molecule has 0 saturated heterocycles. The third-order valence-corrected chi connectivity index (χ3v) is 5.62. The van der Waals surface area contributed by atoms with Crippen molar-refractivity contribution in [2.75, 3.05) is 0 Å². The summed E-state index contributed by atoms with van der Waals surface area (Å²) in [4.78, 5) is 0. The van der Waals surface area contributed by atoms with Crippen molar-refractivity contribution >= 4 is 15.2 Å². The van der Waals surface area contributed by atoms with Crippen molar-refractivity contribution in [1.29, 1.82) is 0 Å². The van der Waals surface area contributed by atoms with Crippen LogP contribution in [0.5, 0.6) is 0 Å². The van der Waals surface area contributed by atoms with Gasteiger partial charge in [-0.2, -0.15) is 0 Å². The summed E-state index contributed by atoms with van der Waals surface area (Å²) >= 11 is -1.06. The summed E-state index contributed by atoms with van der Waals surface area (Å²) in [5.41, 5.74) is 0. The van der Waals surface area contributed by atoms with E-state index in [2.05, 4.69) is 69.2 Å². The molecule has 23 heavy (non-hydrogen) atoms. The van der Waals surface area contributed by atoms with Gasteiger partial charge in [-0.25, -0.2) is 0 Å². The molecule has 2 saturated carbocycles. The van der Waals surface area contributed by atoms with Crippen LogP contribution in [0.3, 0.4) is 0 Å². The number of rotatable bonds is 0. The predicted molar refractivity (Wildman–Crippen MR) is 101 cm³/mol. The van der Waals surface area contributed by atoms with Crippen LogP contribution in [0.2, 0.25) is 0 Å². The van der Waals surface area contributed by atoms with Crippen molar-refractivity contribution < 1.29 is 25.1 Å². The summed E-state index contributed by atoms with van der Waals surface area (Å²) in [5, 5.41) is 0. The molecular weight excluding hydrogens is 549 g/mol. The number of hydrogen-bond acceptors (Lipinski definition) is 0. The average Bonchev–Trinajstić information content (AvgIpc) is 2.80. The first-order valence-corrected chi connectivity index (χ1v) is 18.1. The van der Waals surface area contributed by atoms with Crippen LogP contribution < -0.4 is 0 Å². The van der Waals surface area contributed by atoms with E-state index in [1.807, 2.05) is 0 Å². The fourth-order valence-electron chi connectivity index (χ4n) is 2.81. The fourth-order valence-corrected chi connectivity index (χ4v) is 2.81. The maximum atomic E-state index is 4.97. The van der Waals surface area contributed by atoms with E-state index in [4.69, 9.17) is 15.2 Å². The first-order chi connectivity index (χ1) is 10.5. The van der Waals surface area contributed by atoms with Gasteiger partial charge in [0.05, 0.1) is 0 Å². The Balaban J connectivity index is 0.000000360. The molecule has 128 valence electrons. The van der Waals surface area contributed by atoms with Gasteiger partial charge in [-0.05, 0) is 59.2 Å². The molecular formula is C20H30Cl2U. The number of hydrogen-bond donors (Lipinski definition) is 0. The van der Waals surface area contributed by atoms with Gasteiger partial charge < -0.3 is 0 Å². The molecule has 0 spiro atoms. The Bertz CT molecular complexity index is 203. The summed E-state index contributed by atoms with van der Waals surface area (Å²) in [7, 11) is 9.95. The van der Waals surface area contributed by atoms with Crippen LogP contribution in [0.15, 0.2) is 0 Å². The molecule has 0 nitrogen and oxygen atoms in total. The number of halogens is 2. The van der Waals surface area contributed by atoms with E-state index in [0.29, 0.717) is 0 Å². The molecule has 0 atom stereocenters. The van der Waals surface area contributed by atoms with Crippen LogP contribution in [0.4, 0.5) is 0 Å². The van der Waals surface area contributed by atoms with E-state index in [9.17, 15) is 0 Å². The van der Waals surface area contributed by atoms with E-state index in [-0.39, 0.29) is 0 Å². The molecule has 0 aliphatic heterocycles. The van der Waals surface area contributed by atoms with Crippen LogP contribution in [0.1, 0.15) is 69.2 Å². The molecule has 0 bridgehead atoms. The topological polar surface area (TPSA) is 0 Å². The van der Waals surface area contributed by atoms with Gasteiger partial charge in [-0.3, -0.25) is 0 Å². The van der Waals surface area contributed by atoms with Crippen LogP contribution in [0, 0.1) is 84.3 Å². The molecule has 3 heteroatoms. The fraction of sp³-hybridized carbons (Fsp3) is 0.500. The van der Waals surface area contributed by atoms with E-state index < -0.39 is 25.1 Å². The quantitative estimate of drug-likeness (QED) is 0.282. The van der Waals surface area contributed by atoms with Gasteiger partial charge in [0.25, 0.3) is 0 Å². The van der Waals surface area contributed by atoms with Crippen molar-refractivity contribution in [3.63, 3.8) is 0 Å². The molecule has 2 aliphatic carbocycles. The Kier molecular flexibility index (Phi) is 12.2. The molecule has 0 aromatic carbocycles. The Morgan fingerprint density at radius 2 is 0.391 bits per heavy atom. The normalized spacial score (nSPS) is 25.2. The molecule has 0 aromatic rings. The Hall–Kier alpha value is 1.63. The van der Waals surface area contributed by atoms with Crippen molar-refractivity contribution in [3.8, 4) is 0 Å². The van der Waals surface area contributed by atoms with Gasteiger partial charge in [0.15, 0.2) is 0 Å². The molecule has 2 rings (SSSR count). The molecule has 0 aromatic heterocycles. The summed E-state index contributed by atoms with van der Waals surface area (Å²) < 4.78 is 0. The van der Waals surface area contributed by atoms with E-state index >= 15 is 0 Å². The van der Waals surface area contributed by atoms with Crippen molar-refractivity contribution in [3.05, 3.63) is 59.2 Å². The second-order valence-electron chi connectivity index (χ2n) is 6.32. The SMILES string of the molecule is C[C]1[C](C)[C](C)[C](C)[C]1C.C[C]1[C](C)[C](C)[C](C)[C]1C.[Cl][U][Cl]. The van der Waals surface area contributed by atoms with Crippen molar-refractivity contribution in [2.45, 2.75) is 69.2 Å². The molecule has 0 unspecified atom stereocenters. The Morgan fingerprint density at radius 3 is 0.435 bits per heavy atom. The summed E-state index contributed by atoms with van der Waals surface area (Å²) in [5.74, 6) is 14.7. The van der Waals surface area contributed by atoms with E-state index in [1.54, 1.807) is 0 Å². The van der Waals surface area contributed by atoms with Gasteiger partial charge in [-0.1, -0.05) is 69.2 Å². The predicted octanol–water partition coefficient (Wildman–Crippen LogP) is 7.32. The minimum absolute atomic E-state index is 1.06. The Labute approximate surface area is 167 Å². The molecule has 2 fully saturated rings. The second-order valence-corrected chi connectivity index (χ2v) is 12.2. The van der Waals surface area contributed by atoms with Gasteiger partial charge in [0.1, 0.15) is 0 Å². The summed E-state index contributed by atoms with van der Waals surface area (Å²) in [6.45, 7) is 22.0. The van der Waals surface area contributed by atoms with Gasteiger partial charge >= 0.3 is 40.3 Å². The molecule has 0 N–H and O–H groups in total. The zero-order chi connectivity index (χ0) is 18.5. The first kappa shape index (κ1) is 24.6. The maximum absolute atomic E-state index is 4.97. The van der Waals surface area contributed by atoms with Crippen LogP contribution in [0.25, 0.3) is 0 Å². The minimum atomic E-state index is -1.06. The van der Waals surface area contributed by atoms with E-state index in [1.165, 1.54) is 59.2 Å². The molecule has 0 amide bonds. The average molecular weight is 579 g/mol. The first-order valence-electron chi connectivity index (χ1n) is 7.88. The monoisotopic (exact) mass is 578 g/mol. The van der Waals surface area contributed by atoms with Crippen LogP contribution >= 0.6 is 15.2 Å².